The Bertz CT molecular complexity index is 677. The summed E-state index contributed by atoms with van der Waals surface area (Å²) in [6, 6.07) is 9.89. The van der Waals surface area contributed by atoms with E-state index in [1.165, 1.54) is 0 Å². The summed E-state index contributed by atoms with van der Waals surface area (Å²) < 4.78 is 1.91. The number of amides is 1. The summed E-state index contributed by atoms with van der Waals surface area (Å²) in [7, 11) is 0. The molecule has 1 fully saturated rings. The molecule has 21 heavy (non-hydrogen) atoms. The molecular weight excluding hydrogens is 268 g/mol. The summed E-state index contributed by atoms with van der Waals surface area (Å²) in [5, 5.41) is 13.0. The van der Waals surface area contributed by atoms with Crippen LogP contribution >= 0.6 is 0 Å². The fraction of sp³-hybridized carbons (Fsp3) is 0.375. The smallest absolute Gasteiger partial charge is 0.306 e. The van der Waals surface area contributed by atoms with E-state index in [2.05, 4.69) is 5.32 Å². The fourth-order valence-electron chi connectivity index (χ4n) is 3.04. The molecule has 1 aliphatic rings. The Morgan fingerprint density at radius 2 is 2.05 bits per heavy atom. The van der Waals surface area contributed by atoms with Crippen molar-refractivity contribution in [3.63, 3.8) is 0 Å². The molecule has 3 rings (SSSR count). The van der Waals surface area contributed by atoms with Crippen molar-refractivity contribution < 1.29 is 14.7 Å². The average molecular weight is 286 g/mol. The van der Waals surface area contributed by atoms with Gasteiger partial charge in [0, 0.05) is 17.8 Å². The largest absolute Gasteiger partial charge is 0.481 e. The topological polar surface area (TPSA) is 71.3 Å². The Kier molecular flexibility index (Phi) is 3.64. The predicted octanol–water partition coefficient (Wildman–Crippen LogP) is 2.01. The molecule has 0 saturated heterocycles. The van der Waals surface area contributed by atoms with E-state index in [0.717, 1.165) is 17.3 Å². The van der Waals surface area contributed by atoms with Gasteiger partial charge in [0.25, 0.3) is 0 Å². The third-order valence-corrected chi connectivity index (χ3v) is 4.14. The van der Waals surface area contributed by atoms with Crippen LogP contribution in [0.1, 0.15) is 19.3 Å². The molecule has 2 aromatic rings. The van der Waals surface area contributed by atoms with Crippen molar-refractivity contribution >= 4 is 22.8 Å². The number of benzene rings is 1. The number of nitrogens with one attached hydrogen (secondary N) is 1. The zero-order valence-electron chi connectivity index (χ0n) is 11.7. The van der Waals surface area contributed by atoms with E-state index < -0.39 is 5.97 Å². The van der Waals surface area contributed by atoms with E-state index in [1.807, 2.05) is 41.1 Å². The van der Waals surface area contributed by atoms with Gasteiger partial charge < -0.3 is 15.0 Å². The minimum absolute atomic E-state index is 0.0135. The monoisotopic (exact) mass is 286 g/mol. The molecule has 110 valence electrons. The number of para-hydroxylation sites is 1. The van der Waals surface area contributed by atoms with E-state index >= 15 is 0 Å². The lowest BCUT2D eigenvalue weighted by molar-refractivity contribution is -0.141. The molecule has 0 bridgehead atoms. The molecule has 5 heteroatoms. The molecule has 0 unspecified atom stereocenters. The number of carbonyl (C=O) groups excluding carboxylic acids is 1. The lowest BCUT2D eigenvalue weighted by Crippen LogP contribution is -2.35. The number of carboxylic acid groups (broad SMARTS) is 1. The lowest BCUT2D eigenvalue weighted by atomic mass is 10.1. The normalized spacial score (nSPS) is 21.5. The van der Waals surface area contributed by atoms with Gasteiger partial charge in [-0.2, -0.15) is 0 Å². The van der Waals surface area contributed by atoms with E-state index in [-0.39, 0.29) is 24.4 Å². The van der Waals surface area contributed by atoms with Gasteiger partial charge in [-0.25, -0.2) is 0 Å². The second-order valence-electron chi connectivity index (χ2n) is 5.62. The Morgan fingerprint density at radius 3 is 2.81 bits per heavy atom. The van der Waals surface area contributed by atoms with Gasteiger partial charge in [0.15, 0.2) is 0 Å². The Morgan fingerprint density at radius 1 is 1.24 bits per heavy atom. The number of carboxylic acids is 1. The summed E-state index contributed by atoms with van der Waals surface area (Å²) in [6.45, 7) is 0.266. The number of aliphatic carboxylic acids is 1. The minimum Gasteiger partial charge on any atom is -0.481 e. The van der Waals surface area contributed by atoms with Crippen molar-refractivity contribution in [2.45, 2.75) is 31.8 Å². The molecule has 5 nitrogen and oxygen atoms in total. The van der Waals surface area contributed by atoms with Gasteiger partial charge >= 0.3 is 5.97 Å². The number of hydrogen-bond donors (Lipinski definition) is 2. The van der Waals surface area contributed by atoms with Gasteiger partial charge in [0.2, 0.25) is 5.91 Å². The Labute approximate surface area is 122 Å². The van der Waals surface area contributed by atoms with Crippen LogP contribution in [-0.2, 0) is 16.1 Å². The summed E-state index contributed by atoms with van der Waals surface area (Å²) in [6.07, 6.45) is 3.83. The van der Waals surface area contributed by atoms with Crippen LogP contribution in [0.5, 0.6) is 0 Å². The SMILES string of the molecule is O=C(Cn1ccc2ccccc21)N[C@H]1CC[C@@H](C(=O)O)C1. The molecule has 1 aliphatic carbocycles. The molecule has 1 aromatic carbocycles. The maximum absolute atomic E-state index is 12.1. The van der Waals surface area contributed by atoms with Crippen LogP contribution in [-0.4, -0.2) is 27.6 Å². The molecule has 2 atom stereocenters. The number of hydrogen-bond acceptors (Lipinski definition) is 2. The van der Waals surface area contributed by atoms with Crippen LogP contribution in [0, 0.1) is 5.92 Å². The highest BCUT2D eigenvalue weighted by atomic mass is 16.4. The summed E-state index contributed by atoms with van der Waals surface area (Å²) in [5.41, 5.74) is 1.03. The first-order chi connectivity index (χ1) is 10.1. The van der Waals surface area contributed by atoms with Gasteiger partial charge in [-0.1, -0.05) is 18.2 Å². The van der Waals surface area contributed by atoms with Crippen LogP contribution in [0.15, 0.2) is 36.5 Å². The van der Waals surface area contributed by atoms with E-state index in [1.54, 1.807) is 0 Å². The second kappa shape index (κ2) is 5.60. The zero-order valence-corrected chi connectivity index (χ0v) is 11.7. The molecule has 1 aromatic heterocycles. The van der Waals surface area contributed by atoms with E-state index in [9.17, 15) is 9.59 Å². The third-order valence-electron chi connectivity index (χ3n) is 4.14. The number of carbonyl (C=O) groups is 2. The van der Waals surface area contributed by atoms with Gasteiger partial charge in [-0.05, 0) is 36.8 Å². The predicted molar refractivity (Wildman–Crippen MR) is 78.8 cm³/mol. The highest BCUT2D eigenvalue weighted by Crippen LogP contribution is 2.25. The number of fused-ring (bicyclic) bond motifs is 1. The van der Waals surface area contributed by atoms with Crippen LogP contribution in [0.2, 0.25) is 0 Å². The van der Waals surface area contributed by atoms with E-state index in [4.69, 9.17) is 5.11 Å². The molecular formula is C16H18N2O3. The van der Waals surface area contributed by atoms with Crippen LogP contribution in [0.4, 0.5) is 0 Å². The van der Waals surface area contributed by atoms with Gasteiger partial charge in [0.1, 0.15) is 6.54 Å². The van der Waals surface area contributed by atoms with Crippen molar-refractivity contribution in [3.8, 4) is 0 Å². The molecule has 0 radical (unpaired) electrons. The first kappa shape index (κ1) is 13.7. The van der Waals surface area contributed by atoms with Crippen molar-refractivity contribution in [3.05, 3.63) is 36.5 Å². The van der Waals surface area contributed by atoms with Crippen molar-refractivity contribution in [2.24, 2.45) is 5.92 Å². The summed E-state index contributed by atoms with van der Waals surface area (Å²) in [4.78, 5) is 23.0. The summed E-state index contributed by atoms with van der Waals surface area (Å²) >= 11 is 0. The zero-order chi connectivity index (χ0) is 14.8. The van der Waals surface area contributed by atoms with E-state index in [0.29, 0.717) is 12.8 Å². The maximum Gasteiger partial charge on any atom is 0.306 e. The van der Waals surface area contributed by atoms with Crippen LogP contribution < -0.4 is 5.32 Å². The first-order valence-corrected chi connectivity index (χ1v) is 7.19. The number of nitrogens with zero attached hydrogens (tertiary/aromatic N) is 1. The number of rotatable bonds is 4. The Balaban J connectivity index is 1.61. The molecule has 2 N–H and O–H groups in total. The quantitative estimate of drug-likeness (QED) is 0.903. The van der Waals surface area contributed by atoms with Crippen LogP contribution in [0.3, 0.4) is 0 Å². The second-order valence-corrected chi connectivity index (χ2v) is 5.62. The molecule has 1 saturated carbocycles. The maximum atomic E-state index is 12.1. The molecule has 0 aliphatic heterocycles. The molecule has 1 heterocycles. The Hall–Kier alpha value is -2.30. The highest BCUT2D eigenvalue weighted by molar-refractivity contribution is 5.83. The van der Waals surface area contributed by atoms with Crippen LogP contribution in [0.25, 0.3) is 10.9 Å². The lowest BCUT2D eigenvalue weighted by Gasteiger charge is -2.13. The van der Waals surface area contributed by atoms with Gasteiger partial charge in [-0.15, -0.1) is 0 Å². The van der Waals surface area contributed by atoms with Gasteiger partial charge in [-0.3, -0.25) is 9.59 Å². The fourth-order valence-corrected chi connectivity index (χ4v) is 3.04. The molecule has 0 spiro atoms. The van der Waals surface area contributed by atoms with Crippen molar-refractivity contribution in [2.75, 3.05) is 0 Å². The van der Waals surface area contributed by atoms with Crippen molar-refractivity contribution in [1.82, 2.24) is 9.88 Å². The summed E-state index contributed by atoms with van der Waals surface area (Å²) in [5.74, 6) is -1.14. The highest BCUT2D eigenvalue weighted by Gasteiger charge is 2.30. The first-order valence-electron chi connectivity index (χ1n) is 7.19. The van der Waals surface area contributed by atoms with Gasteiger partial charge in [0.05, 0.1) is 5.92 Å². The average Bonchev–Trinajstić information content (AvgIpc) is 3.07. The molecule has 1 amide bonds. The standard InChI is InChI=1S/C16H18N2O3/c19-15(17-13-6-5-12(9-13)16(20)21)10-18-8-7-11-3-1-2-4-14(11)18/h1-4,7-8,12-13H,5-6,9-10H2,(H,17,19)(H,20,21)/t12-,13+/m1/s1. The minimum atomic E-state index is -0.761. The third kappa shape index (κ3) is 2.91. The van der Waals surface area contributed by atoms with Crippen molar-refractivity contribution in [1.29, 1.82) is 0 Å². The number of aromatic nitrogens is 1.